The number of nitrogens with one attached hydrogen (secondary N) is 2. The number of nitrogens with zero attached hydrogens (tertiary/aromatic N) is 4. The Bertz CT molecular complexity index is 1210. The maximum atomic E-state index is 13.1. The van der Waals surface area contributed by atoms with Gasteiger partial charge in [-0.2, -0.15) is 5.10 Å². The van der Waals surface area contributed by atoms with Crippen LogP contribution in [0.4, 0.5) is 10.1 Å². The minimum Gasteiger partial charge on any atom is -0.476 e. The third-order valence-electron chi connectivity index (χ3n) is 4.20. The Labute approximate surface area is 156 Å². The molecule has 2 aromatic carbocycles. The number of halogens is 1. The number of anilines is 1. The first-order valence-corrected chi connectivity index (χ1v) is 8.15. The summed E-state index contributed by atoms with van der Waals surface area (Å²) >= 11 is 0. The number of rotatable bonds is 4. The number of hydrogen-bond donors (Lipinski definition) is 3. The Morgan fingerprint density at radius 3 is 2.61 bits per heavy atom. The summed E-state index contributed by atoms with van der Waals surface area (Å²) in [5, 5.41) is 26.4. The number of fused-ring (bicyclic) bond motifs is 1. The van der Waals surface area contributed by atoms with Crippen molar-refractivity contribution in [3.63, 3.8) is 0 Å². The molecule has 2 aromatic heterocycles. The van der Waals surface area contributed by atoms with E-state index < -0.39 is 11.9 Å². The Hall–Kier alpha value is -4.08. The van der Waals surface area contributed by atoms with Crippen molar-refractivity contribution >= 4 is 28.5 Å². The van der Waals surface area contributed by atoms with Gasteiger partial charge in [0.1, 0.15) is 5.82 Å². The highest BCUT2D eigenvalue weighted by Crippen LogP contribution is 2.21. The number of carboxylic acids is 1. The number of carbonyl (C=O) groups is 2. The predicted molar refractivity (Wildman–Crippen MR) is 97.1 cm³/mol. The van der Waals surface area contributed by atoms with E-state index in [9.17, 15) is 14.0 Å². The summed E-state index contributed by atoms with van der Waals surface area (Å²) in [5.41, 5.74) is 1.99. The summed E-state index contributed by atoms with van der Waals surface area (Å²) < 4.78 is 14.5. The van der Waals surface area contributed by atoms with E-state index in [0.717, 1.165) is 0 Å². The first-order chi connectivity index (χ1) is 13.4. The molecule has 28 heavy (non-hydrogen) atoms. The number of hydrogen-bond acceptors (Lipinski definition) is 5. The number of amides is 1. The third-order valence-corrected chi connectivity index (χ3v) is 4.20. The van der Waals surface area contributed by atoms with Gasteiger partial charge in [-0.3, -0.25) is 9.89 Å². The van der Waals surface area contributed by atoms with Crippen LogP contribution in [0.1, 0.15) is 26.7 Å². The van der Waals surface area contributed by atoms with Crippen LogP contribution in [0.2, 0.25) is 0 Å². The largest absolute Gasteiger partial charge is 0.476 e. The minimum atomic E-state index is -1.14. The van der Waals surface area contributed by atoms with E-state index in [-0.39, 0.29) is 17.2 Å². The van der Waals surface area contributed by atoms with Crippen LogP contribution in [0, 0.1) is 12.7 Å². The van der Waals surface area contributed by atoms with Gasteiger partial charge >= 0.3 is 5.97 Å². The van der Waals surface area contributed by atoms with Gasteiger partial charge in [-0.05, 0) is 49.4 Å². The quantitative estimate of drug-likeness (QED) is 0.499. The summed E-state index contributed by atoms with van der Waals surface area (Å²) in [6.45, 7) is 1.68. The molecule has 9 nitrogen and oxygen atoms in total. The van der Waals surface area contributed by atoms with Crippen LogP contribution < -0.4 is 5.32 Å². The molecule has 2 heterocycles. The Kier molecular flexibility index (Phi) is 4.07. The van der Waals surface area contributed by atoms with Crippen LogP contribution in [-0.2, 0) is 0 Å². The molecule has 0 saturated heterocycles. The van der Waals surface area contributed by atoms with Crippen LogP contribution in [0.5, 0.6) is 0 Å². The van der Waals surface area contributed by atoms with Crippen molar-refractivity contribution in [1.29, 1.82) is 0 Å². The lowest BCUT2D eigenvalue weighted by molar-refractivity contribution is 0.0692. The van der Waals surface area contributed by atoms with Crippen molar-refractivity contribution in [2.45, 2.75) is 6.92 Å². The van der Waals surface area contributed by atoms with Crippen LogP contribution in [0.15, 0.2) is 42.5 Å². The van der Waals surface area contributed by atoms with Gasteiger partial charge in [0, 0.05) is 11.1 Å². The second-order valence-electron chi connectivity index (χ2n) is 6.00. The average Bonchev–Trinajstić information content (AvgIpc) is 3.26. The summed E-state index contributed by atoms with van der Waals surface area (Å²) in [7, 11) is 0. The standard InChI is InChI=1S/C18H13FN6O3/c1-9-15(23-24-25(9)12-5-2-10(19)3-6-12)17(26)20-11-4-7-13-14(8-11)21-22-16(13)18(27)28/h2-8H,1H3,(H,20,26)(H,21,22)(H,27,28). The fraction of sp³-hybridized carbons (Fsp3) is 0.0556. The van der Waals surface area contributed by atoms with Gasteiger partial charge in [0.05, 0.1) is 16.9 Å². The van der Waals surface area contributed by atoms with Crippen molar-refractivity contribution in [1.82, 2.24) is 25.2 Å². The molecule has 4 rings (SSSR count). The molecule has 0 radical (unpaired) electrons. The molecular weight excluding hydrogens is 367 g/mol. The molecule has 0 bridgehead atoms. The van der Waals surface area contributed by atoms with Crippen LogP contribution in [0.25, 0.3) is 16.6 Å². The molecule has 10 heteroatoms. The Morgan fingerprint density at radius 1 is 1.14 bits per heavy atom. The molecule has 0 atom stereocenters. The van der Waals surface area contributed by atoms with Crippen LogP contribution >= 0.6 is 0 Å². The number of carboxylic acid groups (broad SMARTS) is 1. The normalized spacial score (nSPS) is 10.9. The maximum Gasteiger partial charge on any atom is 0.357 e. The van der Waals surface area contributed by atoms with Gasteiger partial charge < -0.3 is 10.4 Å². The lowest BCUT2D eigenvalue weighted by Crippen LogP contribution is -2.14. The smallest absolute Gasteiger partial charge is 0.357 e. The molecule has 1 amide bonds. The lowest BCUT2D eigenvalue weighted by atomic mass is 10.2. The Balaban J connectivity index is 1.59. The molecule has 0 unspecified atom stereocenters. The van der Waals surface area contributed by atoms with Gasteiger partial charge in [-0.1, -0.05) is 5.21 Å². The number of aromatic nitrogens is 5. The van der Waals surface area contributed by atoms with Gasteiger partial charge in [-0.15, -0.1) is 5.10 Å². The highest BCUT2D eigenvalue weighted by atomic mass is 19.1. The van der Waals surface area contributed by atoms with Crippen molar-refractivity contribution < 1.29 is 19.1 Å². The van der Waals surface area contributed by atoms with Crippen molar-refractivity contribution in [3.05, 3.63) is 65.4 Å². The van der Waals surface area contributed by atoms with E-state index in [2.05, 4.69) is 25.8 Å². The van der Waals surface area contributed by atoms with E-state index in [1.165, 1.54) is 28.9 Å². The average molecular weight is 380 g/mol. The first-order valence-electron chi connectivity index (χ1n) is 8.15. The second-order valence-corrected chi connectivity index (χ2v) is 6.00. The predicted octanol–water partition coefficient (Wildman–Crippen LogP) is 2.54. The van der Waals surface area contributed by atoms with Crippen molar-refractivity contribution in [2.75, 3.05) is 5.32 Å². The van der Waals surface area contributed by atoms with Crippen molar-refractivity contribution in [3.8, 4) is 5.69 Å². The number of aromatic carboxylic acids is 1. The van der Waals surface area contributed by atoms with E-state index in [4.69, 9.17) is 5.11 Å². The zero-order valence-corrected chi connectivity index (χ0v) is 14.5. The molecular formula is C18H13FN6O3. The monoisotopic (exact) mass is 380 g/mol. The van der Waals surface area contributed by atoms with E-state index in [1.807, 2.05) is 0 Å². The molecule has 0 aliphatic heterocycles. The molecule has 140 valence electrons. The minimum absolute atomic E-state index is 0.0917. The number of carbonyl (C=O) groups excluding carboxylic acids is 1. The van der Waals surface area contributed by atoms with Gasteiger partial charge in [0.25, 0.3) is 5.91 Å². The van der Waals surface area contributed by atoms with Crippen LogP contribution in [0.3, 0.4) is 0 Å². The van der Waals surface area contributed by atoms with Gasteiger partial charge in [0.15, 0.2) is 11.4 Å². The lowest BCUT2D eigenvalue weighted by Gasteiger charge is -2.05. The number of H-pyrrole nitrogens is 1. The highest BCUT2D eigenvalue weighted by molar-refractivity contribution is 6.06. The van der Waals surface area contributed by atoms with Gasteiger partial charge in [-0.25, -0.2) is 13.9 Å². The summed E-state index contributed by atoms with van der Waals surface area (Å²) in [6, 6.07) is 10.4. The summed E-state index contributed by atoms with van der Waals surface area (Å²) in [4.78, 5) is 23.7. The molecule has 0 aliphatic carbocycles. The third kappa shape index (κ3) is 2.96. The number of aromatic amines is 1. The zero-order valence-electron chi connectivity index (χ0n) is 14.5. The second kappa shape index (κ2) is 6.58. The highest BCUT2D eigenvalue weighted by Gasteiger charge is 2.18. The summed E-state index contributed by atoms with van der Waals surface area (Å²) in [6.07, 6.45) is 0. The van der Waals surface area contributed by atoms with Crippen molar-refractivity contribution in [2.24, 2.45) is 0 Å². The molecule has 0 aliphatic rings. The summed E-state index contributed by atoms with van der Waals surface area (Å²) in [5.74, 6) is -2.00. The first kappa shape index (κ1) is 17.3. The molecule has 0 fully saturated rings. The fourth-order valence-electron chi connectivity index (χ4n) is 2.82. The molecule has 3 N–H and O–H groups in total. The Morgan fingerprint density at radius 2 is 1.89 bits per heavy atom. The fourth-order valence-corrected chi connectivity index (χ4v) is 2.82. The maximum absolute atomic E-state index is 13.1. The zero-order chi connectivity index (χ0) is 19.8. The van der Waals surface area contributed by atoms with Gasteiger partial charge in [0.2, 0.25) is 0 Å². The van der Waals surface area contributed by atoms with Crippen LogP contribution in [-0.4, -0.2) is 42.2 Å². The topological polar surface area (TPSA) is 126 Å². The molecule has 0 saturated carbocycles. The van der Waals surface area contributed by atoms with E-state index in [0.29, 0.717) is 28.0 Å². The molecule has 4 aromatic rings. The van der Waals surface area contributed by atoms with E-state index in [1.54, 1.807) is 25.1 Å². The molecule has 0 spiro atoms. The SMILES string of the molecule is Cc1c(C(=O)Nc2ccc3c(C(=O)O)n[nH]c3c2)nnn1-c1ccc(F)cc1. The van der Waals surface area contributed by atoms with E-state index >= 15 is 0 Å². The number of benzene rings is 2.